The van der Waals surface area contributed by atoms with Crippen LogP contribution in [-0.4, -0.2) is 29.9 Å². The summed E-state index contributed by atoms with van der Waals surface area (Å²) in [4.78, 5) is 28.0. The molecule has 2 amide bonds. The van der Waals surface area contributed by atoms with Crippen molar-refractivity contribution in [1.29, 1.82) is 0 Å². The number of rotatable bonds is 7. The molecule has 1 heterocycles. The van der Waals surface area contributed by atoms with Gasteiger partial charge < -0.3 is 15.4 Å². The Hall–Kier alpha value is -3.10. The number of nitrogens with one attached hydrogen (secondary N) is 2. The first-order valence-corrected chi connectivity index (χ1v) is 8.97. The average Bonchev–Trinajstić information content (AvgIpc) is 2.64. The third kappa shape index (κ3) is 6.48. The number of carbonyl (C=O) groups is 2. The molecular weight excluding hydrogens is 387 g/mol. The Morgan fingerprint density at radius 2 is 1.86 bits per heavy atom. The van der Waals surface area contributed by atoms with Gasteiger partial charge in [0.2, 0.25) is 5.91 Å². The van der Waals surface area contributed by atoms with Crippen molar-refractivity contribution < 1.29 is 27.5 Å². The maximum Gasteiger partial charge on any atom is 0.416 e. The second-order valence-electron chi connectivity index (χ2n) is 6.37. The third-order valence-corrected chi connectivity index (χ3v) is 3.95. The Morgan fingerprint density at radius 3 is 2.48 bits per heavy atom. The highest BCUT2D eigenvalue weighted by molar-refractivity contribution is 5.96. The van der Waals surface area contributed by atoms with E-state index in [4.69, 9.17) is 4.74 Å². The number of aryl methyl sites for hydroxylation is 2. The second-order valence-corrected chi connectivity index (χ2v) is 6.37. The van der Waals surface area contributed by atoms with E-state index in [-0.39, 0.29) is 31.4 Å². The topological polar surface area (TPSA) is 80.3 Å². The lowest BCUT2D eigenvalue weighted by atomic mass is 10.1. The van der Waals surface area contributed by atoms with Crippen molar-refractivity contribution in [1.82, 2.24) is 10.3 Å². The van der Waals surface area contributed by atoms with Crippen LogP contribution in [0.25, 0.3) is 0 Å². The van der Waals surface area contributed by atoms with E-state index in [9.17, 15) is 22.8 Å². The van der Waals surface area contributed by atoms with Gasteiger partial charge in [-0.05, 0) is 49.7 Å². The highest BCUT2D eigenvalue weighted by Gasteiger charge is 2.30. The number of benzene rings is 1. The lowest BCUT2D eigenvalue weighted by molar-refractivity contribution is -0.137. The van der Waals surface area contributed by atoms with Crippen LogP contribution in [0.3, 0.4) is 0 Å². The van der Waals surface area contributed by atoms with Gasteiger partial charge in [-0.2, -0.15) is 13.2 Å². The molecule has 29 heavy (non-hydrogen) atoms. The lowest BCUT2D eigenvalue weighted by Gasteiger charge is -2.13. The summed E-state index contributed by atoms with van der Waals surface area (Å²) in [5.41, 5.74) is 0.511. The molecule has 0 aliphatic heterocycles. The number of amides is 2. The first-order valence-electron chi connectivity index (χ1n) is 8.97. The molecule has 0 bridgehead atoms. The minimum absolute atomic E-state index is 0.0848. The Bertz CT molecular complexity index is 898. The number of hydrogen-bond donors (Lipinski definition) is 2. The quantitative estimate of drug-likeness (QED) is 0.681. The maximum absolute atomic E-state index is 12.7. The molecule has 0 fully saturated rings. The standard InChI is InChI=1S/C20H22F3N3O3/c1-4-18(27)26-17-11-14(10-13(3)25-17)19(28)24-7-8-29-16-6-5-15(9-12(16)2)20(21,22)23/h5-6,9-11H,4,7-8H2,1-3H3,(H,24,28)(H,25,26,27). The van der Waals surface area contributed by atoms with Gasteiger partial charge in [0.25, 0.3) is 5.91 Å². The molecule has 0 aliphatic rings. The molecule has 0 radical (unpaired) electrons. The molecule has 6 nitrogen and oxygen atoms in total. The molecule has 0 saturated carbocycles. The van der Waals surface area contributed by atoms with E-state index >= 15 is 0 Å². The van der Waals surface area contributed by atoms with Crippen LogP contribution >= 0.6 is 0 Å². The van der Waals surface area contributed by atoms with E-state index in [1.807, 2.05) is 0 Å². The predicted octanol–water partition coefficient (Wildman–Crippen LogP) is 3.87. The van der Waals surface area contributed by atoms with Crippen molar-refractivity contribution in [2.75, 3.05) is 18.5 Å². The van der Waals surface area contributed by atoms with E-state index in [1.54, 1.807) is 19.9 Å². The molecule has 2 N–H and O–H groups in total. The van der Waals surface area contributed by atoms with E-state index in [1.165, 1.54) is 19.1 Å². The van der Waals surface area contributed by atoms with Crippen LogP contribution in [0.5, 0.6) is 5.75 Å². The zero-order chi connectivity index (χ0) is 21.6. The number of hydrogen-bond acceptors (Lipinski definition) is 4. The van der Waals surface area contributed by atoms with E-state index in [0.717, 1.165) is 12.1 Å². The molecule has 156 valence electrons. The number of anilines is 1. The molecule has 0 aliphatic carbocycles. The van der Waals surface area contributed by atoms with Crippen molar-refractivity contribution in [3.63, 3.8) is 0 Å². The summed E-state index contributed by atoms with van der Waals surface area (Å²) < 4.78 is 43.5. The summed E-state index contributed by atoms with van der Waals surface area (Å²) in [6, 6.07) is 6.27. The minimum atomic E-state index is -4.41. The normalized spacial score (nSPS) is 11.1. The lowest BCUT2D eigenvalue weighted by Crippen LogP contribution is -2.28. The predicted molar refractivity (Wildman–Crippen MR) is 102 cm³/mol. The van der Waals surface area contributed by atoms with Crippen LogP contribution in [0.15, 0.2) is 30.3 Å². The fourth-order valence-corrected chi connectivity index (χ4v) is 2.51. The van der Waals surface area contributed by atoms with Crippen molar-refractivity contribution in [2.24, 2.45) is 0 Å². The molecule has 1 aromatic carbocycles. The molecular formula is C20H22F3N3O3. The molecule has 0 atom stereocenters. The molecule has 0 saturated heterocycles. The molecule has 1 aromatic heterocycles. The van der Waals surface area contributed by atoms with Gasteiger partial charge in [-0.15, -0.1) is 0 Å². The van der Waals surface area contributed by atoms with Gasteiger partial charge in [0.05, 0.1) is 12.1 Å². The Labute approximate surface area is 166 Å². The molecule has 9 heteroatoms. The van der Waals surface area contributed by atoms with Crippen LogP contribution in [0.4, 0.5) is 19.0 Å². The fourth-order valence-electron chi connectivity index (χ4n) is 2.51. The maximum atomic E-state index is 12.7. The van der Waals surface area contributed by atoms with Gasteiger partial charge >= 0.3 is 6.18 Å². The van der Waals surface area contributed by atoms with E-state index in [0.29, 0.717) is 28.4 Å². The summed E-state index contributed by atoms with van der Waals surface area (Å²) in [5.74, 6) is 0.0141. The first kappa shape index (κ1) is 22.2. The van der Waals surface area contributed by atoms with Crippen LogP contribution < -0.4 is 15.4 Å². The number of aromatic nitrogens is 1. The summed E-state index contributed by atoms with van der Waals surface area (Å²) in [6.07, 6.45) is -4.12. The monoisotopic (exact) mass is 409 g/mol. The molecule has 2 aromatic rings. The molecule has 0 unspecified atom stereocenters. The number of ether oxygens (including phenoxy) is 1. The van der Waals surface area contributed by atoms with E-state index in [2.05, 4.69) is 15.6 Å². The zero-order valence-electron chi connectivity index (χ0n) is 16.3. The third-order valence-electron chi connectivity index (χ3n) is 3.95. The number of nitrogens with zero attached hydrogens (tertiary/aromatic N) is 1. The number of carbonyl (C=O) groups excluding carboxylic acids is 2. The summed E-state index contributed by atoms with van der Waals surface area (Å²) in [7, 11) is 0. The van der Waals surface area contributed by atoms with Gasteiger partial charge in [-0.25, -0.2) is 4.98 Å². The second kappa shape index (κ2) is 9.40. The van der Waals surface area contributed by atoms with Crippen molar-refractivity contribution >= 4 is 17.6 Å². The largest absolute Gasteiger partial charge is 0.491 e. The number of pyridine rings is 1. The van der Waals surface area contributed by atoms with Gasteiger partial charge in [0, 0.05) is 17.7 Å². The van der Waals surface area contributed by atoms with Crippen molar-refractivity contribution in [3.8, 4) is 5.75 Å². The Kier molecular flexibility index (Phi) is 7.19. The van der Waals surface area contributed by atoms with Crippen LogP contribution in [-0.2, 0) is 11.0 Å². The highest BCUT2D eigenvalue weighted by Crippen LogP contribution is 2.32. The van der Waals surface area contributed by atoms with Gasteiger partial charge in [-0.3, -0.25) is 9.59 Å². The number of halogens is 3. The minimum Gasteiger partial charge on any atom is -0.491 e. The molecule has 2 rings (SSSR count). The van der Waals surface area contributed by atoms with Crippen molar-refractivity contribution in [3.05, 3.63) is 52.7 Å². The summed E-state index contributed by atoms with van der Waals surface area (Å²) in [5, 5.41) is 5.26. The molecule has 0 spiro atoms. The smallest absolute Gasteiger partial charge is 0.416 e. The Balaban J connectivity index is 1.91. The van der Waals surface area contributed by atoms with Gasteiger partial charge in [-0.1, -0.05) is 6.92 Å². The number of alkyl halides is 3. The van der Waals surface area contributed by atoms with E-state index < -0.39 is 11.7 Å². The zero-order valence-corrected chi connectivity index (χ0v) is 16.3. The van der Waals surface area contributed by atoms with Crippen molar-refractivity contribution in [2.45, 2.75) is 33.4 Å². The highest BCUT2D eigenvalue weighted by atomic mass is 19.4. The van der Waals surface area contributed by atoms with Gasteiger partial charge in [0.1, 0.15) is 18.2 Å². The fraction of sp³-hybridized carbons (Fsp3) is 0.350. The van der Waals surface area contributed by atoms with Gasteiger partial charge in [0.15, 0.2) is 0 Å². The van der Waals surface area contributed by atoms with Crippen LogP contribution in [0.2, 0.25) is 0 Å². The SMILES string of the molecule is CCC(=O)Nc1cc(C(=O)NCCOc2ccc(C(F)(F)F)cc2C)cc(C)n1. The average molecular weight is 409 g/mol. The first-order chi connectivity index (χ1) is 13.6. The van der Waals surface area contributed by atoms with Crippen LogP contribution in [0.1, 0.15) is 40.5 Å². The Morgan fingerprint density at radius 1 is 1.14 bits per heavy atom. The summed E-state index contributed by atoms with van der Waals surface area (Å²) >= 11 is 0. The van der Waals surface area contributed by atoms with Crippen LogP contribution in [0, 0.1) is 13.8 Å². The summed E-state index contributed by atoms with van der Waals surface area (Å²) in [6.45, 7) is 5.17.